The molecule has 0 amide bonds. The minimum absolute atomic E-state index is 0.0920. The predicted octanol–water partition coefficient (Wildman–Crippen LogP) is 3.84. The van der Waals surface area contributed by atoms with Gasteiger partial charge >= 0.3 is 5.97 Å². The lowest BCUT2D eigenvalue weighted by Gasteiger charge is -2.39. The minimum atomic E-state index is -2.88. The van der Waals surface area contributed by atoms with Gasteiger partial charge in [-0.3, -0.25) is 0 Å². The number of benzene rings is 1. The topological polar surface area (TPSA) is 64.4 Å². The number of aromatic nitrogens is 2. The molecule has 1 N–H and O–H groups in total. The molecule has 2 aromatic rings. The number of halogens is 2. The van der Waals surface area contributed by atoms with Gasteiger partial charge in [0.1, 0.15) is 5.82 Å². The van der Waals surface area contributed by atoms with Crippen molar-refractivity contribution < 1.29 is 23.4 Å². The molecule has 5 nitrogen and oxygen atoms in total. The Morgan fingerprint density at radius 1 is 1.39 bits per heavy atom. The zero-order valence-corrected chi connectivity index (χ0v) is 16.0. The summed E-state index contributed by atoms with van der Waals surface area (Å²) in [5.74, 6) is -3.77. The van der Waals surface area contributed by atoms with E-state index >= 15 is 0 Å². The third-order valence-electron chi connectivity index (χ3n) is 5.46. The highest BCUT2D eigenvalue weighted by Gasteiger charge is 2.52. The van der Waals surface area contributed by atoms with E-state index in [2.05, 4.69) is 4.98 Å². The Bertz CT molecular complexity index is 794. The summed E-state index contributed by atoms with van der Waals surface area (Å²) in [7, 11) is 0. The van der Waals surface area contributed by atoms with Crippen LogP contribution < -0.4 is 0 Å². The normalized spacial score (nSPS) is 21.1. The van der Waals surface area contributed by atoms with Crippen molar-refractivity contribution in [3.05, 3.63) is 54.1 Å². The fraction of sp³-hybridized carbons (Fsp3) is 0.524. The van der Waals surface area contributed by atoms with Crippen molar-refractivity contribution in [3.8, 4) is 0 Å². The number of aryl methyl sites for hydroxylation is 2. The molecule has 0 aliphatic heterocycles. The van der Waals surface area contributed by atoms with Crippen LogP contribution >= 0.6 is 0 Å². The smallest absolute Gasteiger partial charge is 0.343 e. The first-order chi connectivity index (χ1) is 13.3. The SMILES string of the molecule is Cc1nccn1CCCOC(=O)[C@](O)(c1ccccc1)[C@@H]1CCCC(F)(F)C1. The summed E-state index contributed by atoms with van der Waals surface area (Å²) in [5, 5.41) is 11.3. The fourth-order valence-electron chi connectivity index (χ4n) is 3.89. The molecule has 0 unspecified atom stereocenters. The number of nitrogens with zero attached hydrogens (tertiary/aromatic N) is 2. The van der Waals surface area contributed by atoms with Crippen LogP contribution in [0.25, 0.3) is 0 Å². The molecule has 1 heterocycles. The molecule has 0 radical (unpaired) electrons. The summed E-state index contributed by atoms with van der Waals surface area (Å²) in [6.45, 7) is 2.59. The molecule has 152 valence electrons. The van der Waals surface area contributed by atoms with Crippen molar-refractivity contribution in [2.45, 2.75) is 57.1 Å². The molecule has 28 heavy (non-hydrogen) atoms. The van der Waals surface area contributed by atoms with Crippen LogP contribution in [0.5, 0.6) is 0 Å². The quantitative estimate of drug-likeness (QED) is 0.574. The van der Waals surface area contributed by atoms with Crippen molar-refractivity contribution in [2.75, 3.05) is 6.61 Å². The van der Waals surface area contributed by atoms with E-state index in [0.717, 1.165) is 5.82 Å². The van der Waals surface area contributed by atoms with Crippen molar-refractivity contribution in [1.29, 1.82) is 0 Å². The molecule has 2 atom stereocenters. The summed E-state index contributed by atoms with van der Waals surface area (Å²) in [6.07, 6.45) is 3.94. The molecule has 1 aromatic carbocycles. The number of imidazole rings is 1. The summed E-state index contributed by atoms with van der Waals surface area (Å²) in [6, 6.07) is 8.27. The Morgan fingerprint density at radius 2 is 2.14 bits per heavy atom. The molecule has 1 aliphatic carbocycles. The van der Waals surface area contributed by atoms with E-state index in [1.54, 1.807) is 36.5 Å². The maximum absolute atomic E-state index is 14.0. The second kappa shape index (κ2) is 8.39. The van der Waals surface area contributed by atoms with Gasteiger partial charge < -0.3 is 14.4 Å². The number of alkyl halides is 2. The number of carbonyl (C=O) groups is 1. The van der Waals surface area contributed by atoms with Gasteiger partial charge in [0.15, 0.2) is 5.60 Å². The third-order valence-corrected chi connectivity index (χ3v) is 5.46. The van der Waals surface area contributed by atoms with Gasteiger partial charge in [-0.1, -0.05) is 30.3 Å². The Morgan fingerprint density at radius 3 is 2.79 bits per heavy atom. The van der Waals surface area contributed by atoms with Crippen molar-refractivity contribution >= 4 is 5.97 Å². The molecular weight excluding hydrogens is 366 g/mol. The summed E-state index contributed by atoms with van der Waals surface area (Å²) < 4.78 is 35.3. The predicted molar refractivity (Wildman–Crippen MR) is 99.8 cm³/mol. The van der Waals surface area contributed by atoms with Gasteiger partial charge in [-0.25, -0.2) is 18.6 Å². The number of aliphatic hydroxyl groups is 1. The molecule has 7 heteroatoms. The number of hydrogen-bond donors (Lipinski definition) is 1. The van der Waals surface area contributed by atoms with Crippen LogP contribution in [0, 0.1) is 12.8 Å². The van der Waals surface area contributed by atoms with E-state index in [0.29, 0.717) is 24.9 Å². The highest BCUT2D eigenvalue weighted by molar-refractivity contribution is 5.81. The number of ether oxygens (including phenoxy) is 1. The zero-order chi connectivity index (χ0) is 20.2. The van der Waals surface area contributed by atoms with Gasteiger partial charge in [-0.05, 0) is 31.7 Å². The van der Waals surface area contributed by atoms with Gasteiger partial charge in [0, 0.05) is 37.7 Å². The fourth-order valence-corrected chi connectivity index (χ4v) is 3.89. The van der Waals surface area contributed by atoms with Gasteiger partial charge in [0.2, 0.25) is 5.92 Å². The van der Waals surface area contributed by atoms with Crippen molar-refractivity contribution in [1.82, 2.24) is 9.55 Å². The third kappa shape index (κ3) is 4.41. The lowest BCUT2D eigenvalue weighted by atomic mass is 9.72. The molecule has 0 bridgehead atoms. The molecule has 1 aliphatic rings. The average molecular weight is 392 g/mol. The van der Waals surface area contributed by atoms with Crippen LogP contribution in [0.3, 0.4) is 0 Å². The first-order valence-corrected chi connectivity index (χ1v) is 9.63. The van der Waals surface area contributed by atoms with E-state index in [9.17, 15) is 18.7 Å². The Hall–Kier alpha value is -2.28. The Labute approximate surface area is 163 Å². The monoisotopic (exact) mass is 392 g/mol. The largest absolute Gasteiger partial charge is 0.463 e. The number of hydrogen-bond acceptors (Lipinski definition) is 4. The molecule has 0 spiro atoms. The Balaban J connectivity index is 1.71. The van der Waals surface area contributed by atoms with Gasteiger partial charge in [0.25, 0.3) is 0 Å². The number of carbonyl (C=O) groups excluding carboxylic acids is 1. The highest BCUT2D eigenvalue weighted by Crippen LogP contribution is 2.45. The summed E-state index contributed by atoms with van der Waals surface area (Å²) in [5.41, 5.74) is -1.77. The van der Waals surface area contributed by atoms with Gasteiger partial charge in [-0.15, -0.1) is 0 Å². The molecule has 1 aromatic heterocycles. The van der Waals surface area contributed by atoms with E-state index < -0.39 is 29.8 Å². The lowest BCUT2D eigenvalue weighted by molar-refractivity contribution is -0.182. The van der Waals surface area contributed by atoms with E-state index in [1.807, 2.05) is 17.7 Å². The van der Waals surface area contributed by atoms with Crippen LogP contribution in [0.15, 0.2) is 42.7 Å². The Kier molecular flexibility index (Phi) is 6.13. The second-order valence-corrected chi connectivity index (χ2v) is 7.44. The number of rotatable bonds is 7. The first-order valence-electron chi connectivity index (χ1n) is 9.63. The molecule has 0 saturated heterocycles. The summed E-state index contributed by atoms with van der Waals surface area (Å²) >= 11 is 0. The maximum atomic E-state index is 14.0. The molecule has 1 fully saturated rings. The highest BCUT2D eigenvalue weighted by atomic mass is 19.3. The minimum Gasteiger partial charge on any atom is -0.463 e. The van der Waals surface area contributed by atoms with E-state index in [4.69, 9.17) is 4.74 Å². The van der Waals surface area contributed by atoms with E-state index in [1.165, 1.54) is 0 Å². The standard InChI is InChI=1S/C21H26F2N2O3/c1-16-24-11-13-25(16)12-6-14-28-19(26)21(27,17-7-3-2-4-8-17)18-9-5-10-20(22,23)15-18/h2-4,7-8,11,13,18,27H,5-6,9-10,12,14-15H2,1H3/t18-,21+/m1/s1. The van der Waals surface area contributed by atoms with Crippen LogP contribution in [0.4, 0.5) is 8.78 Å². The average Bonchev–Trinajstić information content (AvgIpc) is 3.09. The first kappa shape index (κ1) is 20.5. The second-order valence-electron chi connectivity index (χ2n) is 7.44. The number of esters is 1. The van der Waals surface area contributed by atoms with Crippen molar-refractivity contribution in [2.24, 2.45) is 5.92 Å². The molecule has 1 saturated carbocycles. The van der Waals surface area contributed by atoms with E-state index in [-0.39, 0.29) is 19.4 Å². The molecule has 3 rings (SSSR count). The van der Waals surface area contributed by atoms with Crippen molar-refractivity contribution in [3.63, 3.8) is 0 Å². The van der Waals surface area contributed by atoms with Crippen LogP contribution in [0.2, 0.25) is 0 Å². The van der Waals surface area contributed by atoms with Crippen LogP contribution in [-0.2, 0) is 21.7 Å². The van der Waals surface area contributed by atoms with Gasteiger partial charge in [0.05, 0.1) is 6.61 Å². The van der Waals surface area contributed by atoms with Crippen LogP contribution in [-0.4, -0.2) is 33.2 Å². The lowest BCUT2D eigenvalue weighted by Crippen LogP contribution is -2.48. The zero-order valence-electron chi connectivity index (χ0n) is 16.0. The van der Waals surface area contributed by atoms with Gasteiger partial charge in [-0.2, -0.15) is 0 Å². The molecular formula is C21H26F2N2O3. The summed E-state index contributed by atoms with van der Waals surface area (Å²) in [4.78, 5) is 17.0. The van der Waals surface area contributed by atoms with Crippen LogP contribution in [0.1, 0.15) is 43.5 Å². The maximum Gasteiger partial charge on any atom is 0.343 e.